The Kier molecular flexibility index (Phi) is 6.00. The summed E-state index contributed by atoms with van der Waals surface area (Å²) in [5.74, 6) is 0.0378. The van der Waals surface area contributed by atoms with Crippen molar-refractivity contribution in [2.45, 2.75) is 53.2 Å². The molecule has 0 unspecified atom stereocenters. The van der Waals surface area contributed by atoms with Crippen molar-refractivity contribution in [2.75, 3.05) is 6.61 Å². The molecule has 3 heterocycles. The highest BCUT2D eigenvalue weighted by Gasteiger charge is 2.28. The normalized spacial score (nSPS) is 12.5. The maximum Gasteiger partial charge on any atom is 0.171 e. The van der Waals surface area contributed by atoms with Gasteiger partial charge in [0.15, 0.2) is 11.4 Å². The number of carbonyl (C=O) groups excluding carboxylic acids is 1. The molecule has 3 aromatic heterocycles. The number of aromatic nitrogens is 4. The van der Waals surface area contributed by atoms with Gasteiger partial charge in [-0.25, -0.2) is 9.97 Å². The molecule has 0 saturated carbocycles. The van der Waals surface area contributed by atoms with Gasteiger partial charge in [0.1, 0.15) is 17.9 Å². The molecule has 0 aliphatic rings. The lowest BCUT2D eigenvalue weighted by atomic mass is 9.87. The molecule has 6 nitrogen and oxygen atoms in total. The average Bonchev–Trinajstić information content (AvgIpc) is 3.01. The Morgan fingerprint density at radius 2 is 1.90 bits per heavy atom. The highest BCUT2D eigenvalue weighted by molar-refractivity contribution is 6.76. The van der Waals surface area contributed by atoms with Crippen LogP contribution in [0.3, 0.4) is 0 Å². The number of nitrogens with zero attached hydrogens (tertiary/aromatic N) is 4. The Balaban J connectivity index is 1.98. The fraction of sp³-hybridized carbons (Fsp3) is 0.455. The third-order valence-corrected chi connectivity index (χ3v) is 6.35. The molecule has 0 amide bonds. The van der Waals surface area contributed by atoms with Gasteiger partial charge in [-0.1, -0.05) is 46.5 Å². The van der Waals surface area contributed by atoms with E-state index in [9.17, 15) is 4.79 Å². The molecule has 0 bridgehead atoms. The highest BCUT2D eigenvalue weighted by atomic mass is 28.3. The van der Waals surface area contributed by atoms with Crippen LogP contribution in [-0.2, 0) is 11.5 Å². The van der Waals surface area contributed by atoms with Crippen LogP contribution in [0.15, 0.2) is 36.8 Å². The number of hydrogen-bond acceptors (Lipinski definition) is 5. The fourth-order valence-corrected chi connectivity index (χ4v) is 3.66. The zero-order valence-electron chi connectivity index (χ0n) is 18.2. The second-order valence-electron chi connectivity index (χ2n) is 9.58. The van der Waals surface area contributed by atoms with E-state index in [0.29, 0.717) is 35.8 Å². The summed E-state index contributed by atoms with van der Waals surface area (Å²) in [6.45, 7) is 13.8. The molecule has 7 heteroatoms. The van der Waals surface area contributed by atoms with Crippen LogP contribution >= 0.6 is 0 Å². The van der Waals surface area contributed by atoms with Crippen LogP contribution in [0.2, 0.25) is 25.7 Å². The first-order valence-corrected chi connectivity index (χ1v) is 13.7. The van der Waals surface area contributed by atoms with E-state index < -0.39 is 13.5 Å². The van der Waals surface area contributed by atoms with E-state index in [1.807, 2.05) is 49.7 Å². The van der Waals surface area contributed by atoms with Crippen LogP contribution in [0.4, 0.5) is 0 Å². The van der Waals surface area contributed by atoms with Crippen molar-refractivity contribution in [3.8, 4) is 11.4 Å². The third kappa shape index (κ3) is 5.16. The Hall–Kier alpha value is -2.38. The number of hydrogen-bond donors (Lipinski definition) is 0. The Morgan fingerprint density at radius 1 is 1.14 bits per heavy atom. The van der Waals surface area contributed by atoms with Gasteiger partial charge in [-0.15, -0.1) is 0 Å². The quantitative estimate of drug-likeness (QED) is 0.310. The molecule has 0 N–H and O–H groups in total. The number of ketones is 1. The van der Waals surface area contributed by atoms with Crippen molar-refractivity contribution in [2.24, 2.45) is 5.41 Å². The van der Waals surface area contributed by atoms with Crippen molar-refractivity contribution >= 4 is 25.0 Å². The topological polar surface area (TPSA) is 69.9 Å². The SMILES string of the molecule is CC(C)(C)C(=O)c1cn(COCC[Si](C)(C)C)c2ncc(-c3ccccn3)nc12. The van der Waals surface area contributed by atoms with Gasteiger partial charge in [0.2, 0.25) is 0 Å². The van der Waals surface area contributed by atoms with Crippen molar-refractivity contribution in [1.29, 1.82) is 0 Å². The number of Topliss-reactive ketones (excluding diaryl/α,β-unsaturated/α-hetero) is 1. The average molecular weight is 411 g/mol. The van der Waals surface area contributed by atoms with Crippen molar-refractivity contribution < 1.29 is 9.53 Å². The van der Waals surface area contributed by atoms with Gasteiger partial charge < -0.3 is 9.30 Å². The molecule has 0 atom stereocenters. The van der Waals surface area contributed by atoms with Gasteiger partial charge >= 0.3 is 0 Å². The molecule has 0 radical (unpaired) electrons. The molecule has 0 aromatic carbocycles. The summed E-state index contributed by atoms with van der Waals surface area (Å²) in [5, 5.41) is 0. The van der Waals surface area contributed by atoms with Gasteiger partial charge in [-0.2, -0.15) is 0 Å². The summed E-state index contributed by atoms with van der Waals surface area (Å²) in [5.41, 5.74) is 2.70. The predicted molar refractivity (Wildman–Crippen MR) is 119 cm³/mol. The zero-order valence-corrected chi connectivity index (χ0v) is 19.2. The first kappa shape index (κ1) is 21.3. The second-order valence-corrected chi connectivity index (χ2v) is 15.2. The number of carbonyl (C=O) groups is 1. The summed E-state index contributed by atoms with van der Waals surface area (Å²) in [6, 6.07) is 6.75. The van der Waals surface area contributed by atoms with Crippen LogP contribution in [0.1, 0.15) is 31.1 Å². The van der Waals surface area contributed by atoms with E-state index in [4.69, 9.17) is 9.72 Å². The molecule has 154 valence electrons. The van der Waals surface area contributed by atoms with E-state index in [0.717, 1.165) is 11.7 Å². The van der Waals surface area contributed by atoms with Crippen LogP contribution in [0.5, 0.6) is 0 Å². The van der Waals surface area contributed by atoms with Crippen LogP contribution in [-0.4, -0.2) is 40.0 Å². The van der Waals surface area contributed by atoms with Gasteiger partial charge in [-0.05, 0) is 18.2 Å². The zero-order chi connectivity index (χ0) is 21.2. The molecule has 29 heavy (non-hydrogen) atoms. The molecule has 0 saturated heterocycles. The summed E-state index contributed by atoms with van der Waals surface area (Å²) < 4.78 is 7.79. The molecular formula is C22H30N4O2Si. The van der Waals surface area contributed by atoms with E-state index in [2.05, 4.69) is 29.6 Å². The molecular weight excluding hydrogens is 380 g/mol. The van der Waals surface area contributed by atoms with E-state index in [-0.39, 0.29) is 5.78 Å². The third-order valence-electron chi connectivity index (χ3n) is 4.65. The Labute approximate surface area is 173 Å². The lowest BCUT2D eigenvalue weighted by molar-refractivity contribution is 0.0849. The van der Waals surface area contributed by atoms with Gasteiger partial charge in [0.05, 0.1) is 17.5 Å². The monoisotopic (exact) mass is 410 g/mol. The minimum absolute atomic E-state index is 0.0378. The number of pyridine rings is 1. The molecule has 0 spiro atoms. The highest BCUT2D eigenvalue weighted by Crippen LogP contribution is 2.28. The standard InChI is InChI=1S/C22H30N4O2Si/c1-22(2,3)20(27)16-14-26(15-28-11-12-29(4,5)6)21-19(16)25-18(13-24-21)17-9-7-8-10-23-17/h7-10,13-14H,11-12,15H2,1-6H3. The minimum Gasteiger partial charge on any atom is -0.361 e. The van der Waals surface area contributed by atoms with Crippen LogP contribution in [0, 0.1) is 5.41 Å². The van der Waals surface area contributed by atoms with Crippen molar-refractivity contribution in [3.05, 3.63) is 42.4 Å². The molecule has 3 aromatic rings. The first-order valence-electron chi connectivity index (χ1n) is 9.96. The van der Waals surface area contributed by atoms with Gasteiger partial charge in [0.25, 0.3) is 0 Å². The predicted octanol–water partition coefficient (Wildman–Crippen LogP) is 5.03. The van der Waals surface area contributed by atoms with Crippen molar-refractivity contribution in [1.82, 2.24) is 19.5 Å². The molecule has 0 aliphatic carbocycles. The minimum atomic E-state index is -1.15. The van der Waals surface area contributed by atoms with Gasteiger partial charge in [-0.3, -0.25) is 9.78 Å². The smallest absolute Gasteiger partial charge is 0.171 e. The number of fused-ring (bicyclic) bond motifs is 1. The Morgan fingerprint density at radius 3 is 2.52 bits per heavy atom. The summed E-state index contributed by atoms with van der Waals surface area (Å²) in [4.78, 5) is 26.8. The molecule has 0 aliphatic heterocycles. The van der Waals surface area contributed by atoms with Crippen LogP contribution < -0.4 is 0 Å². The fourth-order valence-electron chi connectivity index (χ4n) is 2.90. The van der Waals surface area contributed by atoms with Crippen LogP contribution in [0.25, 0.3) is 22.6 Å². The van der Waals surface area contributed by atoms with Crippen molar-refractivity contribution in [3.63, 3.8) is 0 Å². The molecule has 3 rings (SSSR count). The summed E-state index contributed by atoms with van der Waals surface area (Å²) in [6.07, 6.45) is 5.25. The summed E-state index contributed by atoms with van der Waals surface area (Å²) in [7, 11) is -1.15. The maximum absolute atomic E-state index is 13.1. The number of rotatable bonds is 7. The largest absolute Gasteiger partial charge is 0.361 e. The number of ether oxygens (including phenoxy) is 1. The second kappa shape index (κ2) is 8.16. The summed E-state index contributed by atoms with van der Waals surface area (Å²) >= 11 is 0. The van der Waals surface area contributed by atoms with E-state index in [1.165, 1.54) is 0 Å². The first-order chi connectivity index (χ1) is 13.6. The van der Waals surface area contributed by atoms with E-state index in [1.54, 1.807) is 12.4 Å². The maximum atomic E-state index is 13.1. The Bertz CT molecular complexity index is 1000. The lowest BCUT2D eigenvalue weighted by Crippen LogP contribution is -2.22. The van der Waals surface area contributed by atoms with E-state index >= 15 is 0 Å². The lowest BCUT2D eigenvalue weighted by Gasteiger charge is -2.16. The molecule has 0 fully saturated rings. The van der Waals surface area contributed by atoms with Gasteiger partial charge in [0, 0.05) is 32.5 Å².